The van der Waals surface area contributed by atoms with Crippen LogP contribution in [-0.2, 0) is 13.0 Å². The number of aryl methyl sites for hydroxylation is 2. The minimum absolute atomic E-state index is 0.297. The van der Waals surface area contributed by atoms with E-state index in [2.05, 4.69) is 34.6 Å². The number of carbonyl (C=O) groups is 1. The van der Waals surface area contributed by atoms with Crippen molar-refractivity contribution in [1.29, 1.82) is 0 Å². The van der Waals surface area contributed by atoms with Crippen LogP contribution in [0.15, 0.2) is 47.5 Å². The molecule has 0 unspecified atom stereocenters. The molecule has 3 aromatic rings. The van der Waals surface area contributed by atoms with Crippen molar-refractivity contribution in [3.05, 3.63) is 70.0 Å². The van der Waals surface area contributed by atoms with Crippen LogP contribution in [0.3, 0.4) is 0 Å². The first-order valence-corrected chi connectivity index (χ1v) is 11.4. The number of benzene rings is 2. The van der Waals surface area contributed by atoms with Gasteiger partial charge in [0.2, 0.25) is 5.96 Å². The van der Waals surface area contributed by atoms with Gasteiger partial charge in [0.25, 0.3) is 5.91 Å². The fourth-order valence-corrected chi connectivity index (χ4v) is 3.75. The van der Waals surface area contributed by atoms with Crippen molar-refractivity contribution >= 4 is 29.2 Å². The van der Waals surface area contributed by atoms with Gasteiger partial charge >= 0.3 is 0 Å². The zero-order valence-corrected chi connectivity index (χ0v) is 20.9. The van der Waals surface area contributed by atoms with Crippen molar-refractivity contribution in [1.82, 2.24) is 15.1 Å². The molecule has 3 rings (SSSR count). The Balaban J connectivity index is 1.82. The van der Waals surface area contributed by atoms with Gasteiger partial charge in [-0.05, 0) is 69.2 Å². The third-order valence-corrected chi connectivity index (χ3v) is 5.70. The summed E-state index contributed by atoms with van der Waals surface area (Å²) in [5, 5.41) is 11.2. The number of nitrogens with zero attached hydrogens (tertiary/aromatic N) is 3. The summed E-state index contributed by atoms with van der Waals surface area (Å²) >= 11 is 5.95. The highest BCUT2D eigenvalue weighted by Gasteiger charge is 2.13. The lowest BCUT2D eigenvalue weighted by molar-refractivity contribution is 0.0977. The molecule has 0 aliphatic carbocycles. The van der Waals surface area contributed by atoms with Gasteiger partial charge in [-0.2, -0.15) is 5.10 Å². The van der Waals surface area contributed by atoms with E-state index >= 15 is 0 Å². The zero-order valence-electron chi connectivity index (χ0n) is 20.1. The Kier molecular flexibility index (Phi) is 8.54. The normalized spacial score (nSPS) is 11.3. The Labute approximate surface area is 204 Å². The monoisotopic (exact) mass is 483 g/mol. The first-order chi connectivity index (χ1) is 16.4. The molecule has 0 saturated carbocycles. The van der Waals surface area contributed by atoms with Crippen molar-refractivity contribution in [2.75, 3.05) is 26.1 Å². The minimum atomic E-state index is -0.297. The molecule has 1 amide bonds. The van der Waals surface area contributed by atoms with Gasteiger partial charge in [-0.3, -0.25) is 19.8 Å². The van der Waals surface area contributed by atoms with Crippen LogP contribution in [0.5, 0.6) is 11.5 Å². The van der Waals surface area contributed by atoms with Crippen LogP contribution < -0.4 is 20.1 Å². The standard InChI is InChI=1S/C25H30ClN5O3/c1-6-31-17(3)21(16(2)30-31)13-14-27-25(29-24(32)18-7-9-19(26)10-8-18)28-20-11-12-22(33-4)23(15-20)34-5/h7-12,15H,6,13-14H2,1-5H3,(H2,27,28,29,32). The van der Waals surface area contributed by atoms with Crippen molar-refractivity contribution in [2.24, 2.45) is 4.99 Å². The van der Waals surface area contributed by atoms with E-state index in [1.54, 1.807) is 50.6 Å². The molecular formula is C25H30ClN5O3. The molecule has 9 heteroatoms. The number of rotatable bonds is 8. The number of ether oxygens (including phenoxy) is 2. The van der Waals surface area contributed by atoms with Gasteiger partial charge in [-0.15, -0.1) is 0 Å². The third kappa shape index (κ3) is 6.08. The maximum atomic E-state index is 12.8. The average molecular weight is 484 g/mol. The number of methoxy groups -OCH3 is 2. The molecule has 0 spiro atoms. The van der Waals surface area contributed by atoms with E-state index in [0.29, 0.717) is 46.7 Å². The Bertz CT molecular complexity index is 1170. The van der Waals surface area contributed by atoms with E-state index < -0.39 is 0 Å². The fourth-order valence-electron chi connectivity index (χ4n) is 3.63. The summed E-state index contributed by atoms with van der Waals surface area (Å²) in [5.41, 5.74) is 4.46. The van der Waals surface area contributed by atoms with Crippen LogP contribution in [0.4, 0.5) is 5.69 Å². The van der Waals surface area contributed by atoms with Gasteiger partial charge in [-0.1, -0.05) is 11.6 Å². The summed E-state index contributed by atoms with van der Waals surface area (Å²) in [6.07, 6.45) is 0.700. The quantitative estimate of drug-likeness (QED) is 0.360. The van der Waals surface area contributed by atoms with Gasteiger partial charge in [0, 0.05) is 41.1 Å². The van der Waals surface area contributed by atoms with Gasteiger partial charge < -0.3 is 14.8 Å². The number of guanidine groups is 1. The number of carbonyl (C=O) groups excluding carboxylic acids is 1. The zero-order chi connectivity index (χ0) is 24.7. The van der Waals surface area contributed by atoms with Crippen LogP contribution >= 0.6 is 11.6 Å². The number of amides is 1. The minimum Gasteiger partial charge on any atom is -0.493 e. The van der Waals surface area contributed by atoms with Gasteiger partial charge in [0.05, 0.1) is 19.9 Å². The molecule has 0 fully saturated rings. The summed E-state index contributed by atoms with van der Waals surface area (Å²) in [4.78, 5) is 17.5. The molecule has 0 saturated heterocycles. The highest BCUT2D eigenvalue weighted by atomic mass is 35.5. The predicted molar refractivity (Wildman–Crippen MR) is 135 cm³/mol. The SMILES string of the molecule is CCn1nc(C)c(CCN=C(NC(=O)c2ccc(Cl)cc2)Nc2ccc(OC)c(OC)c2)c1C. The summed E-state index contributed by atoms with van der Waals surface area (Å²) in [6, 6.07) is 12.1. The largest absolute Gasteiger partial charge is 0.493 e. The molecule has 0 aliphatic rings. The predicted octanol–water partition coefficient (Wildman–Crippen LogP) is 4.63. The van der Waals surface area contributed by atoms with Crippen LogP contribution in [0.1, 0.15) is 34.2 Å². The molecule has 2 aromatic carbocycles. The van der Waals surface area contributed by atoms with Gasteiger partial charge in [0.1, 0.15) is 0 Å². The van der Waals surface area contributed by atoms with Crippen LogP contribution in [0.2, 0.25) is 5.02 Å². The van der Waals surface area contributed by atoms with Crippen LogP contribution in [0, 0.1) is 13.8 Å². The molecule has 8 nitrogen and oxygen atoms in total. The van der Waals surface area contributed by atoms with E-state index in [4.69, 9.17) is 21.1 Å². The summed E-state index contributed by atoms with van der Waals surface area (Å²) in [5.74, 6) is 1.20. The maximum absolute atomic E-state index is 12.8. The van der Waals surface area contributed by atoms with Gasteiger partial charge in [0.15, 0.2) is 11.5 Å². The second-order valence-electron chi connectivity index (χ2n) is 7.60. The Hall–Kier alpha value is -3.52. The lowest BCUT2D eigenvalue weighted by atomic mass is 10.1. The molecular weight excluding hydrogens is 454 g/mol. The fraction of sp³-hybridized carbons (Fsp3) is 0.320. The summed E-state index contributed by atoms with van der Waals surface area (Å²) in [7, 11) is 3.15. The van der Waals surface area contributed by atoms with Crippen molar-refractivity contribution < 1.29 is 14.3 Å². The van der Waals surface area contributed by atoms with Gasteiger partial charge in [-0.25, -0.2) is 0 Å². The molecule has 34 heavy (non-hydrogen) atoms. The second kappa shape index (κ2) is 11.6. The molecule has 1 heterocycles. The lowest BCUT2D eigenvalue weighted by Gasteiger charge is -2.14. The number of anilines is 1. The van der Waals surface area contributed by atoms with Crippen molar-refractivity contribution in [3.8, 4) is 11.5 Å². The number of halogens is 1. The second-order valence-corrected chi connectivity index (χ2v) is 8.04. The van der Waals surface area contributed by atoms with Crippen molar-refractivity contribution in [3.63, 3.8) is 0 Å². The molecule has 2 N–H and O–H groups in total. The number of nitrogens with one attached hydrogen (secondary N) is 2. The van der Waals surface area contributed by atoms with E-state index in [9.17, 15) is 4.79 Å². The van der Waals surface area contributed by atoms with E-state index in [-0.39, 0.29) is 5.91 Å². The molecule has 1 aromatic heterocycles. The molecule has 0 radical (unpaired) electrons. The number of aliphatic imine (C=N–C) groups is 1. The molecule has 0 aliphatic heterocycles. The molecule has 0 atom stereocenters. The highest BCUT2D eigenvalue weighted by molar-refractivity contribution is 6.30. The number of hydrogen-bond acceptors (Lipinski definition) is 5. The van der Waals surface area contributed by atoms with E-state index in [1.807, 2.05) is 17.7 Å². The smallest absolute Gasteiger partial charge is 0.257 e. The maximum Gasteiger partial charge on any atom is 0.257 e. The highest BCUT2D eigenvalue weighted by Crippen LogP contribution is 2.29. The summed E-state index contributed by atoms with van der Waals surface area (Å²) in [6.45, 7) is 7.42. The lowest BCUT2D eigenvalue weighted by Crippen LogP contribution is -2.36. The van der Waals surface area contributed by atoms with E-state index in [1.165, 1.54) is 5.56 Å². The molecule has 180 valence electrons. The van der Waals surface area contributed by atoms with E-state index in [0.717, 1.165) is 17.9 Å². The first-order valence-electron chi connectivity index (χ1n) is 11.0. The van der Waals surface area contributed by atoms with Crippen molar-refractivity contribution in [2.45, 2.75) is 33.7 Å². The Morgan fingerprint density at radius 2 is 1.79 bits per heavy atom. The molecule has 0 bridgehead atoms. The number of hydrogen-bond donors (Lipinski definition) is 2. The summed E-state index contributed by atoms with van der Waals surface area (Å²) < 4.78 is 12.7. The third-order valence-electron chi connectivity index (χ3n) is 5.45. The van der Waals surface area contributed by atoms with Crippen LogP contribution in [-0.4, -0.2) is 42.4 Å². The number of aromatic nitrogens is 2. The van der Waals surface area contributed by atoms with Crippen LogP contribution in [0.25, 0.3) is 0 Å². The average Bonchev–Trinajstić information content (AvgIpc) is 3.11. The topological polar surface area (TPSA) is 89.8 Å². The Morgan fingerprint density at radius 1 is 1.09 bits per heavy atom. The Morgan fingerprint density at radius 3 is 2.41 bits per heavy atom. The first kappa shape index (κ1) is 25.1.